The first-order valence-corrected chi connectivity index (χ1v) is 5.96. The minimum absolute atomic E-state index is 0.253. The van der Waals surface area contributed by atoms with E-state index in [2.05, 4.69) is 22.1 Å². The molecule has 1 saturated heterocycles. The zero-order chi connectivity index (χ0) is 11.8. The molecule has 0 spiro atoms. The number of rotatable bonds is 1. The van der Waals surface area contributed by atoms with E-state index in [0.717, 1.165) is 31.0 Å². The van der Waals surface area contributed by atoms with Gasteiger partial charge in [-0.15, -0.1) is 10.2 Å². The van der Waals surface area contributed by atoms with E-state index in [1.165, 1.54) is 6.42 Å². The van der Waals surface area contributed by atoms with Gasteiger partial charge in [-0.1, -0.05) is 0 Å². The first kappa shape index (κ1) is 10.5. The second kappa shape index (κ2) is 4.00. The van der Waals surface area contributed by atoms with Gasteiger partial charge >= 0.3 is 0 Å². The summed E-state index contributed by atoms with van der Waals surface area (Å²) in [5.41, 5.74) is 0.797. The van der Waals surface area contributed by atoms with Crippen LogP contribution in [0.15, 0.2) is 18.3 Å². The molecule has 90 valence electrons. The van der Waals surface area contributed by atoms with Gasteiger partial charge in [0.1, 0.15) is 11.6 Å². The van der Waals surface area contributed by atoms with Gasteiger partial charge < -0.3 is 10.0 Å². The maximum atomic E-state index is 9.54. The van der Waals surface area contributed by atoms with Crippen molar-refractivity contribution in [1.29, 1.82) is 0 Å². The topological polar surface area (TPSA) is 53.7 Å². The SMILES string of the molecule is CN1CCCC(c2nnc3ccc(O)cn23)C1. The zero-order valence-electron chi connectivity index (χ0n) is 9.87. The predicted octanol–water partition coefficient (Wildman–Crippen LogP) is 1.24. The van der Waals surface area contributed by atoms with Crippen LogP contribution >= 0.6 is 0 Å². The Morgan fingerprint density at radius 3 is 3.06 bits per heavy atom. The quantitative estimate of drug-likeness (QED) is 0.804. The third kappa shape index (κ3) is 1.86. The van der Waals surface area contributed by atoms with Gasteiger partial charge in [0.25, 0.3) is 0 Å². The van der Waals surface area contributed by atoms with Crippen LogP contribution in [0.25, 0.3) is 5.65 Å². The van der Waals surface area contributed by atoms with Crippen LogP contribution in [0.1, 0.15) is 24.6 Å². The van der Waals surface area contributed by atoms with E-state index >= 15 is 0 Å². The third-order valence-electron chi connectivity index (χ3n) is 3.40. The average Bonchev–Trinajstić information content (AvgIpc) is 2.71. The molecule has 0 radical (unpaired) electrons. The van der Waals surface area contributed by atoms with Crippen molar-refractivity contribution in [3.63, 3.8) is 0 Å². The molecular formula is C12H16N4O. The number of hydrogen-bond donors (Lipinski definition) is 1. The van der Waals surface area contributed by atoms with Gasteiger partial charge in [-0.25, -0.2) is 0 Å². The number of pyridine rings is 1. The van der Waals surface area contributed by atoms with Crippen molar-refractivity contribution in [2.75, 3.05) is 20.1 Å². The lowest BCUT2D eigenvalue weighted by Crippen LogP contribution is -2.31. The van der Waals surface area contributed by atoms with Gasteiger partial charge in [0.15, 0.2) is 5.65 Å². The normalized spacial score (nSPS) is 22.1. The number of fused-ring (bicyclic) bond motifs is 1. The van der Waals surface area contributed by atoms with E-state index in [9.17, 15) is 5.11 Å². The smallest absolute Gasteiger partial charge is 0.161 e. The lowest BCUT2D eigenvalue weighted by Gasteiger charge is -2.28. The van der Waals surface area contributed by atoms with E-state index in [1.54, 1.807) is 18.3 Å². The third-order valence-corrected chi connectivity index (χ3v) is 3.40. The van der Waals surface area contributed by atoms with E-state index in [-0.39, 0.29) is 5.75 Å². The second-order valence-corrected chi connectivity index (χ2v) is 4.78. The van der Waals surface area contributed by atoms with Crippen molar-refractivity contribution < 1.29 is 5.11 Å². The van der Waals surface area contributed by atoms with Crippen LogP contribution < -0.4 is 0 Å². The molecule has 2 aromatic heterocycles. The lowest BCUT2D eigenvalue weighted by atomic mass is 9.98. The summed E-state index contributed by atoms with van der Waals surface area (Å²) in [6, 6.07) is 3.43. The van der Waals surface area contributed by atoms with Gasteiger partial charge in [-0.2, -0.15) is 0 Å². The summed E-state index contributed by atoms with van der Waals surface area (Å²) in [7, 11) is 2.13. The van der Waals surface area contributed by atoms with E-state index in [1.807, 2.05) is 4.40 Å². The summed E-state index contributed by atoms with van der Waals surface area (Å²) in [5.74, 6) is 1.62. The van der Waals surface area contributed by atoms with E-state index in [4.69, 9.17) is 0 Å². The number of hydrogen-bond acceptors (Lipinski definition) is 4. The molecule has 3 rings (SSSR count). The lowest BCUT2D eigenvalue weighted by molar-refractivity contribution is 0.245. The van der Waals surface area contributed by atoms with Crippen LogP contribution in [-0.4, -0.2) is 44.7 Å². The van der Waals surface area contributed by atoms with Crippen LogP contribution in [0.2, 0.25) is 0 Å². The standard InChI is InChI=1S/C12H16N4O/c1-15-6-2-3-9(7-15)12-14-13-11-5-4-10(17)8-16(11)12/h4-5,8-9,17H,2-3,6-7H2,1H3. The molecule has 0 aromatic carbocycles. The van der Waals surface area contributed by atoms with Crippen molar-refractivity contribution >= 4 is 5.65 Å². The van der Waals surface area contributed by atoms with Crippen LogP contribution in [0.4, 0.5) is 0 Å². The molecular weight excluding hydrogens is 216 g/mol. The largest absolute Gasteiger partial charge is 0.506 e. The van der Waals surface area contributed by atoms with Crippen LogP contribution in [0.5, 0.6) is 5.75 Å². The Balaban J connectivity index is 2.01. The Kier molecular flexibility index (Phi) is 2.48. The Bertz CT molecular complexity index is 536. The summed E-state index contributed by atoms with van der Waals surface area (Å²) in [6.07, 6.45) is 4.02. The first-order valence-electron chi connectivity index (χ1n) is 5.96. The minimum atomic E-state index is 0.253. The number of likely N-dealkylation sites (N-methyl/N-ethyl adjacent to an activating group) is 1. The Hall–Kier alpha value is -1.62. The molecule has 5 nitrogen and oxygen atoms in total. The van der Waals surface area contributed by atoms with Crippen LogP contribution in [0.3, 0.4) is 0 Å². The minimum Gasteiger partial charge on any atom is -0.506 e. The molecule has 1 fully saturated rings. The van der Waals surface area contributed by atoms with Gasteiger partial charge in [0.05, 0.1) is 6.20 Å². The highest BCUT2D eigenvalue weighted by Gasteiger charge is 2.23. The molecule has 1 atom stereocenters. The molecule has 1 aliphatic heterocycles. The maximum Gasteiger partial charge on any atom is 0.161 e. The Labute approximate surface area is 99.7 Å². The Morgan fingerprint density at radius 1 is 1.35 bits per heavy atom. The molecule has 0 aliphatic carbocycles. The fourth-order valence-electron chi connectivity index (χ4n) is 2.55. The number of nitrogens with zero attached hydrogens (tertiary/aromatic N) is 4. The summed E-state index contributed by atoms with van der Waals surface area (Å²) in [5, 5.41) is 17.9. The highest BCUT2D eigenvalue weighted by Crippen LogP contribution is 2.25. The van der Waals surface area contributed by atoms with Gasteiger partial charge in [0.2, 0.25) is 0 Å². The molecule has 1 unspecified atom stereocenters. The number of likely N-dealkylation sites (tertiary alicyclic amines) is 1. The molecule has 3 heterocycles. The number of piperidine rings is 1. The Morgan fingerprint density at radius 2 is 2.24 bits per heavy atom. The monoisotopic (exact) mass is 232 g/mol. The van der Waals surface area contributed by atoms with Gasteiger partial charge in [-0.05, 0) is 38.6 Å². The molecule has 5 heteroatoms. The molecule has 0 amide bonds. The predicted molar refractivity (Wildman–Crippen MR) is 64.1 cm³/mol. The molecule has 17 heavy (non-hydrogen) atoms. The second-order valence-electron chi connectivity index (χ2n) is 4.78. The summed E-state index contributed by atoms with van der Waals surface area (Å²) in [6.45, 7) is 2.16. The van der Waals surface area contributed by atoms with Crippen molar-refractivity contribution in [3.05, 3.63) is 24.2 Å². The number of aromatic hydroxyl groups is 1. The molecule has 2 aromatic rings. The van der Waals surface area contributed by atoms with Crippen molar-refractivity contribution in [3.8, 4) is 5.75 Å². The van der Waals surface area contributed by atoms with Gasteiger partial charge in [0, 0.05) is 12.5 Å². The van der Waals surface area contributed by atoms with E-state index < -0.39 is 0 Å². The fourth-order valence-corrected chi connectivity index (χ4v) is 2.55. The highest BCUT2D eigenvalue weighted by molar-refractivity contribution is 5.41. The molecule has 0 saturated carbocycles. The fraction of sp³-hybridized carbons (Fsp3) is 0.500. The van der Waals surface area contributed by atoms with Crippen molar-refractivity contribution in [1.82, 2.24) is 19.5 Å². The van der Waals surface area contributed by atoms with Crippen LogP contribution in [0, 0.1) is 0 Å². The summed E-state index contributed by atoms with van der Waals surface area (Å²) >= 11 is 0. The van der Waals surface area contributed by atoms with Crippen LogP contribution in [-0.2, 0) is 0 Å². The van der Waals surface area contributed by atoms with E-state index in [0.29, 0.717) is 5.92 Å². The molecule has 0 bridgehead atoms. The first-order chi connectivity index (χ1) is 8.24. The summed E-state index contributed by atoms with van der Waals surface area (Å²) < 4.78 is 1.90. The zero-order valence-corrected chi connectivity index (χ0v) is 9.87. The average molecular weight is 232 g/mol. The number of aromatic nitrogens is 3. The van der Waals surface area contributed by atoms with Gasteiger partial charge in [-0.3, -0.25) is 4.40 Å². The van der Waals surface area contributed by atoms with Crippen molar-refractivity contribution in [2.45, 2.75) is 18.8 Å². The summed E-state index contributed by atoms with van der Waals surface area (Å²) in [4.78, 5) is 2.32. The van der Waals surface area contributed by atoms with Crippen molar-refractivity contribution in [2.24, 2.45) is 0 Å². The maximum absolute atomic E-state index is 9.54. The molecule has 1 aliphatic rings. The molecule has 1 N–H and O–H groups in total. The highest BCUT2D eigenvalue weighted by atomic mass is 16.3.